The van der Waals surface area contributed by atoms with Gasteiger partial charge in [-0.25, -0.2) is 0 Å². The van der Waals surface area contributed by atoms with Gasteiger partial charge in [-0.2, -0.15) is 0 Å². The van der Waals surface area contributed by atoms with E-state index in [-0.39, 0.29) is 18.4 Å². The van der Waals surface area contributed by atoms with E-state index in [4.69, 9.17) is 0 Å². The van der Waals surface area contributed by atoms with E-state index in [0.717, 1.165) is 10.4 Å². The van der Waals surface area contributed by atoms with E-state index in [1.165, 1.54) is 11.3 Å². The lowest BCUT2D eigenvalue weighted by Gasteiger charge is -2.23. The van der Waals surface area contributed by atoms with Crippen molar-refractivity contribution in [3.63, 3.8) is 0 Å². The first-order valence-corrected chi connectivity index (χ1v) is 8.11. The fraction of sp³-hybridized carbons (Fsp3) is 0.278. The predicted molar refractivity (Wildman–Crippen MR) is 90.9 cm³/mol. The second-order valence-corrected chi connectivity index (χ2v) is 6.43. The second kappa shape index (κ2) is 7.38. The number of amides is 1. The van der Waals surface area contributed by atoms with Crippen LogP contribution in [0.4, 0.5) is 0 Å². The summed E-state index contributed by atoms with van der Waals surface area (Å²) in [6, 6.07) is 13.6. The standard InChI is InChI=1S/C18H21NO2S/c1-3-14(15-8-5-4-6-9-15)12-17(20)19-13-18(2,21)16-10-7-11-22-16/h3-11,14,21H,1,12-13H2,2H3,(H,19,20). The molecule has 1 aromatic heterocycles. The molecule has 2 atom stereocenters. The van der Waals surface area contributed by atoms with Crippen LogP contribution in [0, 0.1) is 0 Å². The van der Waals surface area contributed by atoms with Crippen LogP contribution in [-0.4, -0.2) is 17.6 Å². The van der Waals surface area contributed by atoms with Crippen LogP contribution in [0.15, 0.2) is 60.5 Å². The Labute approximate surface area is 135 Å². The molecule has 0 aliphatic heterocycles. The van der Waals surface area contributed by atoms with E-state index >= 15 is 0 Å². The van der Waals surface area contributed by atoms with Crippen LogP contribution in [0.2, 0.25) is 0 Å². The lowest BCUT2D eigenvalue weighted by molar-refractivity contribution is -0.122. The average molecular weight is 315 g/mol. The second-order valence-electron chi connectivity index (χ2n) is 5.48. The van der Waals surface area contributed by atoms with Crippen molar-refractivity contribution in [2.75, 3.05) is 6.54 Å². The lowest BCUT2D eigenvalue weighted by Crippen LogP contribution is -2.38. The van der Waals surface area contributed by atoms with Crippen molar-refractivity contribution in [3.8, 4) is 0 Å². The number of hydrogen-bond acceptors (Lipinski definition) is 3. The predicted octanol–water partition coefficient (Wildman–Crippen LogP) is 3.43. The summed E-state index contributed by atoms with van der Waals surface area (Å²) in [5, 5.41) is 15.1. The highest BCUT2D eigenvalue weighted by Gasteiger charge is 2.25. The number of aliphatic hydroxyl groups is 1. The Morgan fingerprint density at radius 3 is 2.68 bits per heavy atom. The SMILES string of the molecule is C=CC(CC(=O)NCC(C)(O)c1cccs1)c1ccccc1. The van der Waals surface area contributed by atoms with Crippen molar-refractivity contribution in [1.82, 2.24) is 5.32 Å². The summed E-state index contributed by atoms with van der Waals surface area (Å²) in [7, 11) is 0. The quantitative estimate of drug-likeness (QED) is 0.769. The van der Waals surface area contributed by atoms with Gasteiger partial charge in [-0.3, -0.25) is 4.79 Å². The summed E-state index contributed by atoms with van der Waals surface area (Å²) in [5.74, 6) is -0.113. The minimum Gasteiger partial charge on any atom is -0.383 e. The van der Waals surface area contributed by atoms with E-state index < -0.39 is 5.60 Å². The molecule has 2 rings (SSSR count). The number of allylic oxidation sites excluding steroid dienone is 1. The van der Waals surface area contributed by atoms with Crippen molar-refractivity contribution < 1.29 is 9.90 Å². The molecule has 0 radical (unpaired) electrons. The highest BCUT2D eigenvalue weighted by molar-refractivity contribution is 7.10. The van der Waals surface area contributed by atoms with E-state index in [1.807, 2.05) is 47.8 Å². The molecule has 22 heavy (non-hydrogen) atoms. The zero-order valence-electron chi connectivity index (χ0n) is 12.7. The zero-order valence-corrected chi connectivity index (χ0v) is 13.5. The number of benzene rings is 1. The summed E-state index contributed by atoms with van der Waals surface area (Å²) < 4.78 is 0. The molecule has 2 N–H and O–H groups in total. The van der Waals surface area contributed by atoms with Crippen LogP contribution in [0.1, 0.15) is 29.7 Å². The fourth-order valence-electron chi connectivity index (χ4n) is 2.25. The third kappa shape index (κ3) is 4.29. The Bertz CT molecular complexity index is 605. The number of thiophene rings is 1. The van der Waals surface area contributed by atoms with Gasteiger partial charge in [0, 0.05) is 17.2 Å². The average Bonchev–Trinajstić information content (AvgIpc) is 3.07. The molecule has 0 aliphatic carbocycles. The summed E-state index contributed by atoms with van der Waals surface area (Å²) in [6.45, 7) is 5.72. The third-order valence-corrected chi connectivity index (χ3v) is 4.72. The van der Waals surface area contributed by atoms with Crippen molar-refractivity contribution >= 4 is 17.2 Å². The van der Waals surface area contributed by atoms with Gasteiger partial charge in [-0.1, -0.05) is 42.5 Å². The Balaban J connectivity index is 1.91. The van der Waals surface area contributed by atoms with Gasteiger partial charge < -0.3 is 10.4 Å². The first-order valence-electron chi connectivity index (χ1n) is 7.23. The summed E-state index contributed by atoms with van der Waals surface area (Å²) >= 11 is 1.48. The maximum absolute atomic E-state index is 12.1. The number of carbonyl (C=O) groups is 1. The molecule has 116 valence electrons. The van der Waals surface area contributed by atoms with Gasteiger partial charge in [0.2, 0.25) is 5.91 Å². The van der Waals surface area contributed by atoms with Gasteiger partial charge in [-0.15, -0.1) is 17.9 Å². The first-order chi connectivity index (χ1) is 10.5. The molecule has 3 nitrogen and oxygen atoms in total. The highest BCUT2D eigenvalue weighted by atomic mass is 32.1. The van der Waals surface area contributed by atoms with Crippen molar-refractivity contribution in [1.29, 1.82) is 0 Å². The van der Waals surface area contributed by atoms with Gasteiger partial charge in [0.15, 0.2) is 0 Å². The van der Waals surface area contributed by atoms with Crippen LogP contribution in [-0.2, 0) is 10.4 Å². The molecule has 1 amide bonds. The lowest BCUT2D eigenvalue weighted by atomic mass is 9.95. The number of rotatable bonds is 7. The monoisotopic (exact) mass is 315 g/mol. The Morgan fingerprint density at radius 1 is 1.36 bits per heavy atom. The molecule has 1 aromatic carbocycles. The van der Waals surface area contributed by atoms with Crippen LogP contribution < -0.4 is 5.32 Å². The van der Waals surface area contributed by atoms with E-state index in [9.17, 15) is 9.90 Å². The molecule has 0 spiro atoms. The Morgan fingerprint density at radius 2 is 2.09 bits per heavy atom. The van der Waals surface area contributed by atoms with Crippen molar-refractivity contribution in [2.24, 2.45) is 0 Å². The molecule has 4 heteroatoms. The molecule has 0 aliphatic rings. The van der Waals surface area contributed by atoms with Crippen LogP contribution >= 0.6 is 11.3 Å². The summed E-state index contributed by atoms with van der Waals surface area (Å²) in [5.41, 5.74) is 0.0259. The molecular formula is C18H21NO2S. The van der Waals surface area contributed by atoms with Crippen LogP contribution in [0.5, 0.6) is 0 Å². The van der Waals surface area contributed by atoms with Gasteiger partial charge in [-0.05, 0) is 23.9 Å². The van der Waals surface area contributed by atoms with Crippen molar-refractivity contribution in [2.45, 2.75) is 24.9 Å². The minimum absolute atomic E-state index is 0.0205. The Kier molecular flexibility index (Phi) is 5.52. The molecule has 2 unspecified atom stereocenters. The fourth-order valence-corrected chi connectivity index (χ4v) is 3.04. The number of carbonyl (C=O) groups excluding carboxylic acids is 1. The summed E-state index contributed by atoms with van der Waals surface area (Å²) in [4.78, 5) is 13.0. The zero-order chi connectivity index (χ0) is 16.0. The van der Waals surface area contributed by atoms with E-state index in [0.29, 0.717) is 6.42 Å². The largest absolute Gasteiger partial charge is 0.383 e. The molecule has 0 bridgehead atoms. The molecule has 0 saturated carbocycles. The third-order valence-electron chi connectivity index (χ3n) is 3.60. The maximum atomic E-state index is 12.1. The molecular weight excluding hydrogens is 294 g/mol. The maximum Gasteiger partial charge on any atom is 0.221 e. The van der Waals surface area contributed by atoms with Gasteiger partial charge in [0.1, 0.15) is 5.60 Å². The highest BCUT2D eigenvalue weighted by Crippen LogP contribution is 2.25. The molecule has 1 heterocycles. The van der Waals surface area contributed by atoms with Crippen molar-refractivity contribution in [3.05, 3.63) is 70.9 Å². The molecule has 0 saturated heterocycles. The first kappa shape index (κ1) is 16.5. The van der Waals surface area contributed by atoms with Gasteiger partial charge in [0.25, 0.3) is 0 Å². The van der Waals surface area contributed by atoms with E-state index in [1.54, 1.807) is 13.0 Å². The normalized spacial score (nSPS) is 14.8. The van der Waals surface area contributed by atoms with Crippen LogP contribution in [0.25, 0.3) is 0 Å². The Hall–Kier alpha value is -1.91. The molecule has 2 aromatic rings. The molecule has 0 fully saturated rings. The number of hydrogen-bond donors (Lipinski definition) is 2. The number of nitrogens with one attached hydrogen (secondary N) is 1. The van der Waals surface area contributed by atoms with E-state index in [2.05, 4.69) is 11.9 Å². The summed E-state index contributed by atoms with van der Waals surface area (Å²) in [6.07, 6.45) is 2.11. The topological polar surface area (TPSA) is 49.3 Å². The van der Waals surface area contributed by atoms with Crippen LogP contribution in [0.3, 0.4) is 0 Å². The smallest absolute Gasteiger partial charge is 0.221 e. The van der Waals surface area contributed by atoms with Gasteiger partial charge >= 0.3 is 0 Å². The minimum atomic E-state index is -1.04. The van der Waals surface area contributed by atoms with Gasteiger partial charge in [0.05, 0.1) is 6.54 Å².